The Hall–Kier alpha value is -3.56. The van der Waals surface area contributed by atoms with Crippen LogP contribution in [0.15, 0.2) is 48.7 Å². The fourth-order valence-corrected chi connectivity index (χ4v) is 5.20. The molecule has 2 amide bonds. The first-order chi connectivity index (χ1) is 17.9. The minimum absolute atomic E-state index is 0.0480. The van der Waals surface area contributed by atoms with E-state index in [-0.39, 0.29) is 50.0 Å². The van der Waals surface area contributed by atoms with Crippen molar-refractivity contribution in [3.63, 3.8) is 0 Å². The molecule has 2 fully saturated rings. The number of nitrogens with zero attached hydrogens (tertiary/aromatic N) is 3. The Bertz CT molecular complexity index is 1240. The number of imidazole rings is 1. The average Bonchev–Trinajstić information content (AvgIpc) is 3.31. The van der Waals surface area contributed by atoms with Crippen LogP contribution in [0.2, 0.25) is 0 Å². The summed E-state index contributed by atoms with van der Waals surface area (Å²) in [7, 11) is 0. The highest BCUT2D eigenvalue weighted by Gasteiger charge is 2.39. The second-order valence-corrected chi connectivity index (χ2v) is 10.0. The smallest absolute Gasteiger partial charge is 0.408 e. The van der Waals surface area contributed by atoms with Crippen molar-refractivity contribution in [3.05, 3.63) is 65.6 Å². The Kier molecular flexibility index (Phi) is 7.34. The van der Waals surface area contributed by atoms with Gasteiger partial charge in [0.15, 0.2) is 5.65 Å². The van der Waals surface area contributed by atoms with Crippen molar-refractivity contribution in [3.8, 4) is 0 Å². The second-order valence-electron chi connectivity index (χ2n) is 10.0. The first-order valence-corrected chi connectivity index (χ1v) is 12.8. The lowest BCUT2D eigenvalue weighted by Crippen LogP contribution is -2.37. The number of piperidine rings is 1. The number of alkyl carbamates (subject to hydrolysis) is 1. The number of rotatable bonds is 7. The molecule has 0 radical (unpaired) electrons. The van der Waals surface area contributed by atoms with Gasteiger partial charge in [-0.3, -0.25) is 4.79 Å². The molecular weight excluding hydrogens is 480 g/mol. The van der Waals surface area contributed by atoms with Gasteiger partial charge in [-0.15, -0.1) is 0 Å². The van der Waals surface area contributed by atoms with Crippen LogP contribution < -0.4 is 10.6 Å². The van der Waals surface area contributed by atoms with Gasteiger partial charge in [-0.05, 0) is 49.3 Å². The molecule has 37 heavy (non-hydrogen) atoms. The van der Waals surface area contributed by atoms with Crippen molar-refractivity contribution < 1.29 is 23.1 Å². The van der Waals surface area contributed by atoms with E-state index in [9.17, 15) is 18.4 Å². The summed E-state index contributed by atoms with van der Waals surface area (Å²) in [5, 5.41) is 10.4. The summed E-state index contributed by atoms with van der Waals surface area (Å²) >= 11 is 0. The highest BCUT2D eigenvalue weighted by molar-refractivity contribution is 5.79. The predicted molar refractivity (Wildman–Crippen MR) is 132 cm³/mol. The maximum Gasteiger partial charge on any atom is 0.408 e. The van der Waals surface area contributed by atoms with Gasteiger partial charge in [-0.1, -0.05) is 30.3 Å². The summed E-state index contributed by atoms with van der Waals surface area (Å²) in [6.07, 6.45) is 3.48. The zero-order valence-electron chi connectivity index (χ0n) is 20.5. The number of alkyl halides is 2. The average molecular weight is 512 g/mol. The monoisotopic (exact) mass is 511 g/mol. The fourth-order valence-electron chi connectivity index (χ4n) is 5.20. The topological polar surface area (TPSA) is 97.6 Å². The third kappa shape index (κ3) is 6.23. The van der Waals surface area contributed by atoms with E-state index >= 15 is 0 Å². The molecule has 1 saturated carbocycles. The molecule has 2 N–H and O–H groups in total. The number of nitrogens with one attached hydrogen (secondary N) is 2. The molecule has 3 heterocycles. The number of carbonyl (C=O) groups excluding carboxylic acids is 2. The van der Waals surface area contributed by atoms with E-state index in [1.807, 2.05) is 42.5 Å². The molecule has 8 nitrogen and oxygen atoms in total. The lowest BCUT2D eigenvalue weighted by molar-refractivity contribution is -0.126. The van der Waals surface area contributed by atoms with E-state index < -0.39 is 18.1 Å². The number of aromatic nitrogens is 3. The first-order valence-electron chi connectivity index (χ1n) is 12.8. The molecule has 2 aliphatic rings. The standard InChI is InChI=1S/C27H31F2N5O3/c28-27(29)12-10-19(11-13-27)24(32-26(36)37-17-18-5-2-1-3-6-18)22-16-34-23(31-22)9-8-21(33-34)15-20-7-4-14-30-25(20)35/h1-3,5-6,8-9,16,19-20,24H,4,7,10-15,17H2,(H,30,35)(H,32,36)/t20-,24+/m1/s1. The summed E-state index contributed by atoms with van der Waals surface area (Å²) in [5.74, 6) is -2.96. The van der Waals surface area contributed by atoms with E-state index in [2.05, 4.69) is 20.7 Å². The predicted octanol–water partition coefficient (Wildman–Crippen LogP) is 4.59. The van der Waals surface area contributed by atoms with Gasteiger partial charge in [0, 0.05) is 31.7 Å². The molecule has 1 aliphatic carbocycles. The van der Waals surface area contributed by atoms with Crippen molar-refractivity contribution in [2.24, 2.45) is 11.8 Å². The molecule has 5 rings (SSSR count). The van der Waals surface area contributed by atoms with Crippen LogP contribution in [-0.4, -0.2) is 39.1 Å². The lowest BCUT2D eigenvalue weighted by atomic mass is 9.81. The number of ether oxygens (including phenoxy) is 1. The van der Waals surface area contributed by atoms with Crippen LogP contribution in [0.1, 0.15) is 61.5 Å². The molecule has 1 saturated heterocycles. The Balaban J connectivity index is 1.34. The number of benzene rings is 1. The second kappa shape index (κ2) is 10.8. The summed E-state index contributed by atoms with van der Waals surface area (Å²) < 4.78 is 34.8. The van der Waals surface area contributed by atoms with Gasteiger partial charge < -0.3 is 15.4 Å². The van der Waals surface area contributed by atoms with E-state index in [0.29, 0.717) is 24.3 Å². The van der Waals surface area contributed by atoms with E-state index in [0.717, 1.165) is 24.1 Å². The number of amides is 2. The van der Waals surface area contributed by atoms with Gasteiger partial charge in [0.05, 0.1) is 23.6 Å². The number of carbonyl (C=O) groups is 2. The van der Waals surface area contributed by atoms with Crippen molar-refractivity contribution in [2.45, 2.75) is 63.5 Å². The van der Waals surface area contributed by atoms with Crippen LogP contribution in [0.4, 0.5) is 13.6 Å². The van der Waals surface area contributed by atoms with Gasteiger partial charge in [-0.25, -0.2) is 23.1 Å². The molecule has 0 unspecified atom stereocenters. The number of hydrogen-bond donors (Lipinski definition) is 2. The van der Waals surface area contributed by atoms with Crippen LogP contribution in [0.3, 0.4) is 0 Å². The molecular formula is C27H31F2N5O3. The fraction of sp³-hybridized carbons (Fsp3) is 0.481. The summed E-state index contributed by atoms with van der Waals surface area (Å²) in [4.78, 5) is 29.5. The van der Waals surface area contributed by atoms with Crippen LogP contribution >= 0.6 is 0 Å². The first kappa shape index (κ1) is 25.1. The van der Waals surface area contributed by atoms with Crippen molar-refractivity contribution in [1.82, 2.24) is 25.2 Å². The zero-order valence-corrected chi connectivity index (χ0v) is 20.5. The van der Waals surface area contributed by atoms with Crippen LogP contribution in [0.25, 0.3) is 5.65 Å². The third-order valence-corrected chi connectivity index (χ3v) is 7.29. The Morgan fingerprint density at radius 3 is 2.70 bits per heavy atom. The zero-order chi connectivity index (χ0) is 25.8. The molecule has 196 valence electrons. The number of hydrogen-bond acceptors (Lipinski definition) is 5. The van der Waals surface area contributed by atoms with Gasteiger partial charge in [0.2, 0.25) is 11.8 Å². The largest absolute Gasteiger partial charge is 0.445 e. The molecule has 3 aromatic rings. The minimum atomic E-state index is -2.68. The Labute approximate surface area is 213 Å². The van der Waals surface area contributed by atoms with Gasteiger partial charge >= 0.3 is 6.09 Å². The molecule has 10 heteroatoms. The number of fused-ring (bicyclic) bond motifs is 1. The lowest BCUT2D eigenvalue weighted by Gasteiger charge is -2.33. The third-order valence-electron chi connectivity index (χ3n) is 7.29. The van der Waals surface area contributed by atoms with Crippen molar-refractivity contribution >= 4 is 17.6 Å². The minimum Gasteiger partial charge on any atom is -0.445 e. The molecule has 0 spiro atoms. The molecule has 1 aromatic carbocycles. The summed E-state index contributed by atoms with van der Waals surface area (Å²) in [5.41, 5.74) is 2.74. The number of halogens is 2. The van der Waals surface area contributed by atoms with Gasteiger partial charge in [0.25, 0.3) is 0 Å². The van der Waals surface area contributed by atoms with E-state index in [1.165, 1.54) is 0 Å². The molecule has 0 bridgehead atoms. The summed E-state index contributed by atoms with van der Waals surface area (Å²) in [6, 6.07) is 12.4. The highest BCUT2D eigenvalue weighted by atomic mass is 19.3. The molecule has 1 aliphatic heterocycles. The molecule has 2 atom stereocenters. The van der Waals surface area contributed by atoms with E-state index in [4.69, 9.17) is 4.74 Å². The van der Waals surface area contributed by atoms with Gasteiger partial charge in [0.1, 0.15) is 6.61 Å². The van der Waals surface area contributed by atoms with Crippen LogP contribution in [-0.2, 0) is 22.6 Å². The maximum atomic E-state index is 13.9. The van der Waals surface area contributed by atoms with Crippen LogP contribution in [0, 0.1) is 11.8 Å². The molecule has 2 aromatic heterocycles. The Morgan fingerprint density at radius 1 is 1.16 bits per heavy atom. The Morgan fingerprint density at radius 2 is 1.95 bits per heavy atom. The van der Waals surface area contributed by atoms with Crippen LogP contribution in [0.5, 0.6) is 0 Å². The van der Waals surface area contributed by atoms with Gasteiger partial charge in [-0.2, -0.15) is 5.10 Å². The normalized spacial score (nSPS) is 20.8. The quantitative estimate of drug-likeness (QED) is 0.484. The van der Waals surface area contributed by atoms with Crippen molar-refractivity contribution in [2.75, 3.05) is 6.54 Å². The highest BCUT2D eigenvalue weighted by Crippen LogP contribution is 2.41. The summed E-state index contributed by atoms with van der Waals surface area (Å²) in [6.45, 7) is 0.814. The van der Waals surface area contributed by atoms with Crippen molar-refractivity contribution in [1.29, 1.82) is 0 Å². The maximum absolute atomic E-state index is 13.9. The van der Waals surface area contributed by atoms with E-state index in [1.54, 1.807) is 10.7 Å². The SMILES string of the molecule is O=C(N[C@H](c1cn2nc(C[C@H]3CCCNC3=O)ccc2n1)C1CCC(F)(F)CC1)OCc1ccccc1.